The largest absolute Gasteiger partial charge is 0.494 e. The Bertz CT molecular complexity index is 570. The zero-order valence-corrected chi connectivity index (χ0v) is 12.1. The third-order valence-electron chi connectivity index (χ3n) is 3.10. The number of carbonyl (C=O) groups excluding carboxylic acids is 1. The van der Waals surface area contributed by atoms with E-state index in [-0.39, 0.29) is 5.78 Å². The molecule has 0 amide bonds. The summed E-state index contributed by atoms with van der Waals surface area (Å²) in [5.74, 6) is 0.955. The minimum atomic E-state index is 0.137. The van der Waals surface area contributed by atoms with Crippen molar-refractivity contribution in [1.29, 1.82) is 0 Å². The molecule has 0 aromatic heterocycles. The maximum Gasteiger partial charge on any atom is 0.167 e. The van der Waals surface area contributed by atoms with E-state index in [2.05, 4.69) is 13.0 Å². The molecule has 0 spiro atoms. The fourth-order valence-electron chi connectivity index (χ4n) is 2.07. The van der Waals surface area contributed by atoms with Crippen LogP contribution in [0.2, 0.25) is 0 Å². The van der Waals surface area contributed by atoms with Crippen molar-refractivity contribution in [2.24, 2.45) is 0 Å². The topological polar surface area (TPSA) is 26.3 Å². The van der Waals surface area contributed by atoms with Gasteiger partial charge in [0.05, 0.1) is 6.61 Å². The number of hydrogen-bond donors (Lipinski definition) is 0. The van der Waals surface area contributed by atoms with Crippen molar-refractivity contribution < 1.29 is 9.53 Å². The van der Waals surface area contributed by atoms with Gasteiger partial charge in [-0.1, -0.05) is 36.8 Å². The molecule has 0 unspecified atom stereocenters. The maximum absolute atomic E-state index is 12.2. The Kier molecular flexibility index (Phi) is 4.94. The summed E-state index contributed by atoms with van der Waals surface area (Å²) in [6.07, 6.45) is 1.42. The Labute approximate surface area is 120 Å². The lowest BCUT2D eigenvalue weighted by Crippen LogP contribution is -2.04. The van der Waals surface area contributed by atoms with E-state index >= 15 is 0 Å². The van der Waals surface area contributed by atoms with Crippen molar-refractivity contribution in [3.05, 3.63) is 65.2 Å². The lowest BCUT2D eigenvalue weighted by molar-refractivity contribution is 0.0993. The second kappa shape index (κ2) is 6.90. The highest BCUT2D eigenvalue weighted by molar-refractivity contribution is 5.97. The van der Waals surface area contributed by atoms with Crippen LogP contribution in [0.5, 0.6) is 5.75 Å². The molecular formula is C18H20O2. The molecule has 0 atom stereocenters. The fourth-order valence-corrected chi connectivity index (χ4v) is 2.07. The third-order valence-corrected chi connectivity index (χ3v) is 3.10. The first-order valence-corrected chi connectivity index (χ1v) is 7.00. The van der Waals surface area contributed by atoms with Crippen LogP contribution in [0.15, 0.2) is 48.5 Å². The lowest BCUT2D eigenvalue weighted by atomic mass is 10.0. The van der Waals surface area contributed by atoms with Gasteiger partial charge in [-0.15, -0.1) is 0 Å². The van der Waals surface area contributed by atoms with Crippen LogP contribution in [-0.2, 0) is 6.42 Å². The Hall–Kier alpha value is -2.09. The van der Waals surface area contributed by atoms with Gasteiger partial charge in [0.25, 0.3) is 0 Å². The zero-order chi connectivity index (χ0) is 14.4. The molecule has 2 rings (SSSR count). The average Bonchev–Trinajstić information content (AvgIpc) is 2.45. The van der Waals surface area contributed by atoms with Crippen LogP contribution in [0.25, 0.3) is 0 Å². The number of rotatable bonds is 6. The molecular weight excluding hydrogens is 248 g/mol. The van der Waals surface area contributed by atoms with E-state index in [1.165, 1.54) is 5.56 Å². The Balaban J connectivity index is 2.02. The summed E-state index contributed by atoms with van der Waals surface area (Å²) in [6, 6.07) is 15.5. The normalized spacial score (nSPS) is 10.3. The van der Waals surface area contributed by atoms with Gasteiger partial charge < -0.3 is 4.74 Å². The molecule has 0 fully saturated rings. The smallest absolute Gasteiger partial charge is 0.167 e. The number of ether oxygens (including phenoxy) is 1. The van der Waals surface area contributed by atoms with Gasteiger partial charge in [0.15, 0.2) is 5.78 Å². The van der Waals surface area contributed by atoms with Crippen LogP contribution in [0.1, 0.15) is 34.8 Å². The Morgan fingerprint density at radius 2 is 1.85 bits per heavy atom. The molecule has 2 nitrogen and oxygen atoms in total. The summed E-state index contributed by atoms with van der Waals surface area (Å²) in [5, 5.41) is 0. The van der Waals surface area contributed by atoms with Gasteiger partial charge in [0.1, 0.15) is 5.75 Å². The van der Waals surface area contributed by atoms with Gasteiger partial charge in [-0.05, 0) is 43.2 Å². The van der Waals surface area contributed by atoms with Crippen molar-refractivity contribution in [3.8, 4) is 5.75 Å². The van der Waals surface area contributed by atoms with Gasteiger partial charge in [-0.3, -0.25) is 4.79 Å². The molecule has 0 aliphatic carbocycles. The van der Waals surface area contributed by atoms with E-state index in [9.17, 15) is 4.79 Å². The fraction of sp³-hybridized carbons (Fsp3) is 0.278. The summed E-state index contributed by atoms with van der Waals surface area (Å²) in [7, 11) is 0. The Morgan fingerprint density at radius 1 is 1.10 bits per heavy atom. The molecule has 0 aliphatic rings. The molecule has 0 bridgehead atoms. The molecule has 104 valence electrons. The highest BCUT2D eigenvalue weighted by atomic mass is 16.5. The molecule has 2 aromatic carbocycles. The van der Waals surface area contributed by atoms with Gasteiger partial charge in [0, 0.05) is 12.0 Å². The van der Waals surface area contributed by atoms with E-state index in [1.807, 2.05) is 49.4 Å². The van der Waals surface area contributed by atoms with Crippen LogP contribution in [-0.4, -0.2) is 12.4 Å². The molecule has 0 N–H and O–H groups in total. The highest BCUT2D eigenvalue weighted by Gasteiger charge is 2.07. The molecule has 0 saturated heterocycles. The van der Waals surface area contributed by atoms with E-state index in [0.29, 0.717) is 13.0 Å². The number of ketones is 1. The number of benzene rings is 2. The quantitative estimate of drug-likeness (QED) is 0.734. The molecule has 0 heterocycles. The SMILES string of the molecule is CCCOc1ccc(C(=O)Cc2cccc(C)c2)cc1. The summed E-state index contributed by atoms with van der Waals surface area (Å²) in [5.41, 5.74) is 2.97. The molecule has 2 aromatic rings. The Morgan fingerprint density at radius 3 is 2.50 bits per heavy atom. The summed E-state index contributed by atoms with van der Waals surface area (Å²) < 4.78 is 5.51. The average molecular weight is 268 g/mol. The van der Waals surface area contributed by atoms with Crippen LogP contribution >= 0.6 is 0 Å². The number of aryl methyl sites for hydroxylation is 1. The summed E-state index contributed by atoms with van der Waals surface area (Å²) in [6.45, 7) is 4.81. The first-order valence-electron chi connectivity index (χ1n) is 7.00. The third kappa shape index (κ3) is 3.95. The zero-order valence-electron chi connectivity index (χ0n) is 12.1. The molecule has 20 heavy (non-hydrogen) atoms. The van der Waals surface area contributed by atoms with Gasteiger partial charge in [0.2, 0.25) is 0 Å². The lowest BCUT2D eigenvalue weighted by Gasteiger charge is -2.06. The molecule has 0 aliphatic heterocycles. The first-order chi connectivity index (χ1) is 9.69. The van der Waals surface area contributed by atoms with Gasteiger partial charge in [-0.25, -0.2) is 0 Å². The minimum absolute atomic E-state index is 0.137. The monoisotopic (exact) mass is 268 g/mol. The van der Waals surface area contributed by atoms with E-state index in [0.717, 1.165) is 23.3 Å². The van der Waals surface area contributed by atoms with Crippen molar-refractivity contribution in [2.45, 2.75) is 26.7 Å². The number of hydrogen-bond acceptors (Lipinski definition) is 2. The van der Waals surface area contributed by atoms with E-state index in [1.54, 1.807) is 0 Å². The summed E-state index contributed by atoms with van der Waals surface area (Å²) in [4.78, 5) is 12.2. The van der Waals surface area contributed by atoms with Crippen molar-refractivity contribution >= 4 is 5.78 Å². The predicted molar refractivity (Wildman–Crippen MR) is 81.4 cm³/mol. The highest BCUT2D eigenvalue weighted by Crippen LogP contribution is 2.15. The van der Waals surface area contributed by atoms with Crippen LogP contribution in [0, 0.1) is 6.92 Å². The number of carbonyl (C=O) groups is 1. The molecule has 2 heteroatoms. The second-order valence-corrected chi connectivity index (χ2v) is 4.96. The first kappa shape index (κ1) is 14.3. The summed E-state index contributed by atoms with van der Waals surface area (Å²) >= 11 is 0. The van der Waals surface area contributed by atoms with Crippen molar-refractivity contribution in [3.63, 3.8) is 0 Å². The molecule has 0 saturated carbocycles. The molecule has 0 radical (unpaired) electrons. The number of Topliss-reactive ketones (excluding diaryl/α,β-unsaturated/α-hetero) is 1. The van der Waals surface area contributed by atoms with Crippen molar-refractivity contribution in [2.75, 3.05) is 6.61 Å². The van der Waals surface area contributed by atoms with Crippen molar-refractivity contribution in [1.82, 2.24) is 0 Å². The van der Waals surface area contributed by atoms with Crippen LogP contribution in [0.4, 0.5) is 0 Å². The predicted octanol–water partition coefficient (Wildman–Crippen LogP) is 4.21. The van der Waals surface area contributed by atoms with Gasteiger partial charge in [-0.2, -0.15) is 0 Å². The standard InChI is InChI=1S/C18H20O2/c1-3-11-20-17-9-7-16(8-10-17)18(19)13-15-6-4-5-14(2)12-15/h4-10,12H,3,11,13H2,1-2H3. The second-order valence-electron chi connectivity index (χ2n) is 4.96. The van der Waals surface area contributed by atoms with Gasteiger partial charge >= 0.3 is 0 Å². The van der Waals surface area contributed by atoms with E-state index in [4.69, 9.17) is 4.74 Å². The van der Waals surface area contributed by atoms with E-state index < -0.39 is 0 Å². The minimum Gasteiger partial charge on any atom is -0.494 e. The van der Waals surface area contributed by atoms with Crippen LogP contribution in [0.3, 0.4) is 0 Å². The van der Waals surface area contributed by atoms with Crippen LogP contribution < -0.4 is 4.74 Å². The maximum atomic E-state index is 12.2.